The Morgan fingerprint density at radius 2 is 1.64 bits per heavy atom. The van der Waals surface area contributed by atoms with Gasteiger partial charge in [-0.05, 0) is 30.4 Å². The minimum Gasteiger partial charge on any atom is -0.320 e. The van der Waals surface area contributed by atoms with Crippen molar-refractivity contribution in [3.8, 4) is 0 Å². The molecule has 1 heterocycles. The second-order valence-corrected chi connectivity index (χ2v) is 9.44. The highest BCUT2D eigenvalue weighted by Crippen LogP contribution is 2.70. The number of para-hydroxylation sites is 2. The van der Waals surface area contributed by atoms with Crippen LogP contribution in [0, 0.1) is 25.6 Å². The average molecular weight is 447 g/mol. The standard InChI is InChI=1S/C23H21N5O5/c1-21(2)22(3)10-11-23(21,20(29)26-15-6-4-5-7-17(15)28(32)33)19-18(22)24-14-9-8-13(27(30)31)12-16(14)25-19/h4-9,12H,10-11H2,1-3H3,(H,26,29). The average Bonchev–Trinajstić information content (AvgIpc) is 3.07. The second-order valence-electron chi connectivity index (χ2n) is 9.44. The van der Waals surface area contributed by atoms with E-state index < -0.39 is 26.1 Å². The highest BCUT2D eigenvalue weighted by atomic mass is 16.6. The fraction of sp³-hybridized carbons (Fsp3) is 0.348. The van der Waals surface area contributed by atoms with Gasteiger partial charge in [-0.3, -0.25) is 25.0 Å². The van der Waals surface area contributed by atoms with Gasteiger partial charge in [-0.1, -0.05) is 32.9 Å². The molecule has 1 N–H and O–H groups in total. The lowest BCUT2D eigenvalue weighted by molar-refractivity contribution is -0.384. The molecule has 2 unspecified atom stereocenters. The van der Waals surface area contributed by atoms with Crippen molar-refractivity contribution in [1.29, 1.82) is 0 Å². The zero-order valence-electron chi connectivity index (χ0n) is 18.3. The lowest BCUT2D eigenvalue weighted by Crippen LogP contribution is -2.48. The maximum absolute atomic E-state index is 13.9. The molecule has 1 amide bonds. The number of nitrogens with zero attached hydrogens (tertiary/aromatic N) is 4. The fourth-order valence-electron chi connectivity index (χ4n) is 5.67. The summed E-state index contributed by atoms with van der Waals surface area (Å²) in [5, 5.41) is 25.5. The van der Waals surface area contributed by atoms with Gasteiger partial charge in [-0.25, -0.2) is 9.97 Å². The van der Waals surface area contributed by atoms with Crippen molar-refractivity contribution in [2.45, 2.75) is 44.4 Å². The lowest BCUT2D eigenvalue weighted by Gasteiger charge is -2.39. The van der Waals surface area contributed by atoms with Gasteiger partial charge in [0.05, 0.1) is 37.7 Å². The number of hydrogen-bond acceptors (Lipinski definition) is 7. The first kappa shape index (κ1) is 20.9. The molecule has 2 atom stereocenters. The molecule has 0 spiro atoms. The Kier molecular flexibility index (Phi) is 4.14. The fourth-order valence-corrected chi connectivity index (χ4v) is 5.67. The van der Waals surface area contributed by atoms with Crippen LogP contribution in [0.25, 0.3) is 11.0 Å². The van der Waals surface area contributed by atoms with E-state index in [0.29, 0.717) is 35.3 Å². The number of nitrogens with one attached hydrogen (secondary N) is 1. The molecule has 0 radical (unpaired) electrons. The van der Waals surface area contributed by atoms with E-state index in [9.17, 15) is 25.0 Å². The number of carbonyl (C=O) groups is 1. The van der Waals surface area contributed by atoms with Crippen LogP contribution in [-0.4, -0.2) is 25.7 Å². The summed E-state index contributed by atoms with van der Waals surface area (Å²) in [5.74, 6) is -0.386. The molecule has 3 aromatic rings. The van der Waals surface area contributed by atoms with Crippen molar-refractivity contribution in [2.24, 2.45) is 5.41 Å². The van der Waals surface area contributed by atoms with Crippen molar-refractivity contribution in [3.05, 3.63) is 74.1 Å². The second kappa shape index (κ2) is 6.53. The molecule has 168 valence electrons. The van der Waals surface area contributed by atoms with E-state index in [0.717, 1.165) is 0 Å². The molecule has 0 saturated heterocycles. The first-order valence-corrected chi connectivity index (χ1v) is 10.5. The number of benzene rings is 2. The molecule has 2 aromatic carbocycles. The highest BCUT2D eigenvalue weighted by molar-refractivity contribution is 6.03. The summed E-state index contributed by atoms with van der Waals surface area (Å²) in [6.45, 7) is 6.05. The molecular formula is C23H21N5O5. The number of fused-ring (bicyclic) bond motifs is 6. The van der Waals surface area contributed by atoms with Crippen LogP contribution in [0.2, 0.25) is 0 Å². The molecular weight excluding hydrogens is 426 g/mol. The third-order valence-corrected chi connectivity index (χ3v) is 7.97. The normalized spacial score (nSPS) is 24.5. The summed E-state index contributed by atoms with van der Waals surface area (Å²) < 4.78 is 0. The van der Waals surface area contributed by atoms with Gasteiger partial charge in [0.2, 0.25) is 5.91 Å². The zero-order valence-corrected chi connectivity index (χ0v) is 18.3. The monoisotopic (exact) mass is 447 g/mol. The number of non-ortho nitro benzene ring substituents is 1. The number of rotatable bonds is 4. The number of nitro groups is 2. The Morgan fingerprint density at radius 1 is 0.939 bits per heavy atom. The van der Waals surface area contributed by atoms with Gasteiger partial charge in [0.15, 0.2) is 0 Å². The number of nitro benzene ring substituents is 2. The number of aromatic nitrogens is 2. The predicted molar refractivity (Wildman–Crippen MR) is 120 cm³/mol. The molecule has 1 fully saturated rings. The minimum absolute atomic E-state index is 0.108. The number of hydrogen-bond donors (Lipinski definition) is 1. The van der Waals surface area contributed by atoms with Gasteiger partial charge < -0.3 is 5.32 Å². The van der Waals surface area contributed by atoms with Crippen molar-refractivity contribution in [2.75, 3.05) is 5.32 Å². The maximum Gasteiger partial charge on any atom is 0.292 e. The predicted octanol–water partition coefficient (Wildman–Crippen LogP) is 4.41. The van der Waals surface area contributed by atoms with Crippen LogP contribution in [0.4, 0.5) is 17.1 Å². The Balaban J connectivity index is 1.70. The molecule has 1 saturated carbocycles. The van der Waals surface area contributed by atoms with Gasteiger partial charge in [-0.15, -0.1) is 0 Å². The van der Waals surface area contributed by atoms with Crippen LogP contribution in [0.5, 0.6) is 0 Å². The maximum atomic E-state index is 13.9. The molecule has 0 aliphatic heterocycles. The van der Waals surface area contributed by atoms with E-state index in [-0.39, 0.29) is 23.0 Å². The van der Waals surface area contributed by atoms with Gasteiger partial charge in [0.25, 0.3) is 11.4 Å². The zero-order chi connectivity index (χ0) is 23.8. The van der Waals surface area contributed by atoms with E-state index in [1.807, 2.05) is 13.8 Å². The van der Waals surface area contributed by atoms with Gasteiger partial charge in [0.1, 0.15) is 5.69 Å². The highest BCUT2D eigenvalue weighted by Gasteiger charge is 2.73. The van der Waals surface area contributed by atoms with Gasteiger partial charge in [-0.2, -0.15) is 0 Å². The summed E-state index contributed by atoms with van der Waals surface area (Å²) in [6.07, 6.45) is 1.19. The summed E-state index contributed by atoms with van der Waals surface area (Å²) >= 11 is 0. The summed E-state index contributed by atoms with van der Waals surface area (Å²) in [7, 11) is 0. The Morgan fingerprint density at radius 3 is 2.33 bits per heavy atom. The van der Waals surface area contributed by atoms with Gasteiger partial charge in [0, 0.05) is 23.6 Å². The first-order valence-electron chi connectivity index (χ1n) is 10.5. The summed E-state index contributed by atoms with van der Waals surface area (Å²) in [6, 6.07) is 10.3. The molecule has 10 nitrogen and oxygen atoms in total. The number of carbonyl (C=O) groups excluding carboxylic acids is 1. The quantitative estimate of drug-likeness (QED) is 0.461. The molecule has 1 aromatic heterocycles. The molecule has 2 aliphatic carbocycles. The number of amides is 1. The van der Waals surface area contributed by atoms with Crippen molar-refractivity contribution < 1.29 is 14.6 Å². The molecule has 2 aliphatic rings. The number of anilines is 1. The Labute approximate surface area is 188 Å². The van der Waals surface area contributed by atoms with Crippen molar-refractivity contribution in [3.63, 3.8) is 0 Å². The van der Waals surface area contributed by atoms with Crippen LogP contribution in [0.3, 0.4) is 0 Å². The van der Waals surface area contributed by atoms with Crippen LogP contribution in [-0.2, 0) is 15.6 Å². The van der Waals surface area contributed by atoms with Crippen LogP contribution < -0.4 is 5.32 Å². The SMILES string of the molecule is CC12CCC(C(=O)Nc3ccccc3[N+](=O)[O-])(c3nc4cc([N+](=O)[O-])ccc4nc31)C2(C)C. The Bertz CT molecular complexity index is 1390. The van der Waals surface area contributed by atoms with Crippen LogP contribution >= 0.6 is 0 Å². The third-order valence-electron chi connectivity index (χ3n) is 7.97. The van der Waals surface area contributed by atoms with Crippen LogP contribution in [0.15, 0.2) is 42.5 Å². The minimum atomic E-state index is -1.09. The molecule has 2 bridgehead atoms. The molecule has 33 heavy (non-hydrogen) atoms. The topological polar surface area (TPSA) is 141 Å². The van der Waals surface area contributed by atoms with Crippen molar-refractivity contribution in [1.82, 2.24) is 9.97 Å². The van der Waals surface area contributed by atoms with Gasteiger partial charge >= 0.3 is 0 Å². The van der Waals surface area contributed by atoms with E-state index in [4.69, 9.17) is 9.97 Å². The lowest BCUT2D eigenvalue weighted by atomic mass is 9.63. The van der Waals surface area contributed by atoms with E-state index >= 15 is 0 Å². The summed E-state index contributed by atoms with van der Waals surface area (Å²) in [5.41, 5.74) is -0.266. The van der Waals surface area contributed by atoms with Crippen LogP contribution in [0.1, 0.15) is 45.0 Å². The van der Waals surface area contributed by atoms with E-state index in [1.165, 1.54) is 30.3 Å². The Hall–Kier alpha value is -3.95. The smallest absolute Gasteiger partial charge is 0.292 e. The van der Waals surface area contributed by atoms with Crippen molar-refractivity contribution >= 4 is 34.0 Å². The third kappa shape index (κ3) is 2.51. The van der Waals surface area contributed by atoms with E-state index in [1.54, 1.807) is 12.1 Å². The van der Waals surface area contributed by atoms with E-state index in [2.05, 4.69) is 12.2 Å². The first-order chi connectivity index (χ1) is 15.5. The molecule has 10 heteroatoms. The largest absolute Gasteiger partial charge is 0.320 e. The molecule has 5 rings (SSSR count). The summed E-state index contributed by atoms with van der Waals surface area (Å²) in [4.78, 5) is 45.2.